The van der Waals surface area contributed by atoms with Crippen molar-refractivity contribution in [1.29, 1.82) is 0 Å². The van der Waals surface area contributed by atoms with Crippen LogP contribution in [-0.4, -0.2) is 60.9 Å². The maximum Gasteiger partial charge on any atom is 0.257 e. The fraction of sp³-hybridized carbons (Fsp3) is 0.556. The molecule has 0 radical (unpaired) electrons. The summed E-state index contributed by atoms with van der Waals surface area (Å²) in [6, 6.07) is 5.05. The van der Waals surface area contributed by atoms with E-state index in [4.69, 9.17) is 23.2 Å². The predicted octanol–water partition coefficient (Wildman–Crippen LogP) is 2.67. The van der Waals surface area contributed by atoms with Crippen LogP contribution in [0.3, 0.4) is 0 Å². The first-order valence-corrected chi connectivity index (χ1v) is 9.53. The van der Waals surface area contributed by atoms with Crippen LogP contribution >= 0.6 is 23.2 Å². The monoisotopic (exact) mass is 383 g/mol. The van der Waals surface area contributed by atoms with Crippen molar-refractivity contribution in [3.05, 3.63) is 33.8 Å². The minimum Gasteiger partial charge on any atom is -0.339 e. The topological polar surface area (TPSA) is 52.7 Å². The molecule has 1 N–H and O–H groups in total. The first-order valence-electron chi connectivity index (χ1n) is 8.78. The predicted molar refractivity (Wildman–Crippen MR) is 99.2 cm³/mol. The molecule has 25 heavy (non-hydrogen) atoms. The van der Waals surface area contributed by atoms with Crippen molar-refractivity contribution in [2.75, 3.05) is 39.3 Å². The zero-order valence-electron chi connectivity index (χ0n) is 14.1. The summed E-state index contributed by atoms with van der Waals surface area (Å²) in [7, 11) is 0. The summed E-state index contributed by atoms with van der Waals surface area (Å²) >= 11 is 12.2. The van der Waals surface area contributed by atoms with E-state index in [0.717, 1.165) is 25.9 Å². The second-order valence-corrected chi connectivity index (χ2v) is 7.48. The summed E-state index contributed by atoms with van der Waals surface area (Å²) in [4.78, 5) is 28.6. The van der Waals surface area contributed by atoms with E-state index in [-0.39, 0.29) is 11.8 Å². The van der Waals surface area contributed by atoms with E-state index in [9.17, 15) is 9.59 Å². The number of halogens is 2. The van der Waals surface area contributed by atoms with Gasteiger partial charge in [0.05, 0.1) is 15.6 Å². The average molecular weight is 384 g/mol. The first kappa shape index (κ1) is 18.5. The molecule has 0 saturated carbocycles. The van der Waals surface area contributed by atoms with Crippen molar-refractivity contribution in [3.63, 3.8) is 0 Å². The number of piperazine rings is 1. The summed E-state index contributed by atoms with van der Waals surface area (Å²) in [5.74, 6) is 0.642. The van der Waals surface area contributed by atoms with Crippen LogP contribution < -0.4 is 5.32 Å². The molecule has 2 amide bonds. The number of rotatable bonds is 4. The molecule has 1 aromatic rings. The van der Waals surface area contributed by atoms with E-state index in [2.05, 4.69) is 5.32 Å². The largest absolute Gasteiger partial charge is 0.339 e. The maximum atomic E-state index is 12.7. The molecule has 1 atom stereocenters. The molecule has 5 nitrogen and oxygen atoms in total. The molecule has 7 heteroatoms. The average Bonchev–Trinajstić information content (AvgIpc) is 3.13. The second-order valence-electron chi connectivity index (χ2n) is 6.67. The van der Waals surface area contributed by atoms with Gasteiger partial charge in [-0.25, -0.2) is 0 Å². The van der Waals surface area contributed by atoms with Crippen LogP contribution in [0.2, 0.25) is 10.0 Å². The molecule has 0 aromatic heterocycles. The summed E-state index contributed by atoms with van der Waals surface area (Å²) in [5, 5.41) is 4.05. The zero-order chi connectivity index (χ0) is 17.8. The van der Waals surface area contributed by atoms with Gasteiger partial charge in [-0.3, -0.25) is 9.59 Å². The van der Waals surface area contributed by atoms with E-state index in [0.29, 0.717) is 54.1 Å². The number of carbonyl (C=O) groups is 2. The summed E-state index contributed by atoms with van der Waals surface area (Å²) in [6.45, 7) is 4.23. The molecule has 2 saturated heterocycles. The van der Waals surface area contributed by atoms with Crippen LogP contribution in [0.5, 0.6) is 0 Å². The lowest BCUT2D eigenvalue weighted by atomic mass is 10.0. The van der Waals surface area contributed by atoms with Gasteiger partial charge in [0.15, 0.2) is 0 Å². The van der Waals surface area contributed by atoms with Crippen LogP contribution in [0.25, 0.3) is 0 Å². The van der Waals surface area contributed by atoms with Crippen molar-refractivity contribution >= 4 is 35.0 Å². The molecule has 0 spiro atoms. The Morgan fingerprint density at radius 2 is 1.72 bits per heavy atom. The molecule has 2 aliphatic rings. The normalized spacial score (nSPS) is 20.8. The van der Waals surface area contributed by atoms with Crippen molar-refractivity contribution < 1.29 is 9.59 Å². The first-order chi connectivity index (χ1) is 12.1. The molecule has 1 unspecified atom stereocenters. The number of carbonyl (C=O) groups excluding carboxylic acids is 2. The Balaban J connectivity index is 1.51. The van der Waals surface area contributed by atoms with Gasteiger partial charge in [0, 0.05) is 32.6 Å². The van der Waals surface area contributed by atoms with Gasteiger partial charge in [-0.1, -0.05) is 29.3 Å². The van der Waals surface area contributed by atoms with Gasteiger partial charge in [-0.05, 0) is 44.0 Å². The Hall–Kier alpha value is -1.30. The molecule has 0 aliphatic carbocycles. The number of amides is 2. The van der Waals surface area contributed by atoms with Crippen molar-refractivity contribution in [1.82, 2.24) is 15.1 Å². The molecular formula is C18H23Cl2N3O2. The van der Waals surface area contributed by atoms with E-state index in [1.807, 2.05) is 4.90 Å². The molecule has 2 heterocycles. The molecular weight excluding hydrogens is 361 g/mol. The fourth-order valence-electron chi connectivity index (χ4n) is 3.47. The van der Waals surface area contributed by atoms with E-state index >= 15 is 0 Å². The quantitative estimate of drug-likeness (QED) is 0.869. The van der Waals surface area contributed by atoms with Gasteiger partial charge in [0.25, 0.3) is 5.91 Å². The maximum absolute atomic E-state index is 12.7. The highest BCUT2D eigenvalue weighted by molar-refractivity contribution is 6.39. The third kappa shape index (κ3) is 4.46. The lowest BCUT2D eigenvalue weighted by Crippen LogP contribution is -2.50. The van der Waals surface area contributed by atoms with Crippen LogP contribution in [0.1, 0.15) is 29.6 Å². The summed E-state index contributed by atoms with van der Waals surface area (Å²) in [6.07, 6.45) is 2.70. The standard InChI is InChI=1S/C18H23Cl2N3O2/c19-14-2-1-3-15(20)17(14)18(25)23-10-8-22(9-11-23)16(24)5-4-13-6-7-21-12-13/h1-3,13,21H,4-12H2. The van der Waals surface area contributed by atoms with Gasteiger partial charge in [-0.15, -0.1) is 0 Å². The van der Waals surface area contributed by atoms with Crippen LogP contribution in [0, 0.1) is 5.92 Å². The Morgan fingerprint density at radius 3 is 2.32 bits per heavy atom. The Kier molecular flexibility index (Phi) is 6.20. The van der Waals surface area contributed by atoms with Gasteiger partial charge in [-0.2, -0.15) is 0 Å². The molecule has 2 fully saturated rings. The summed E-state index contributed by atoms with van der Waals surface area (Å²) < 4.78 is 0. The van der Waals surface area contributed by atoms with Crippen LogP contribution in [-0.2, 0) is 4.79 Å². The highest BCUT2D eigenvalue weighted by Crippen LogP contribution is 2.26. The third-order valence-corrected chi connectivity index (χ3v) is 5.65. The van der Waals surface area contributed by atoms with Crippen molar-refractivity contribution in [2.45, 2.75) is 19.3 Å². The van der Waals surface area contributed by atoms with E-state index in [1.54, 1.807) is 23.1 Å². The van der Waals surface area contributed by atoms with Crippen LogP contribution in [0.15, 0.2) is 18.2 Å². The SMILES string of the molecule is O=C(CCC1CCNC1)N1CCN(C(=O)c2c(Cl)cccc2Cl)CC1. The highest BCUT2D eigenvalue weighted by atomic mass is 35.5. The molecule has 1 aromatic carbocycles. The third-order valence-electron chi connectivity index (χ3n) is 5.03. The van der Waals surface area contributed by atoms with Crippen molar-refractivity contribution in [3.8, 4) is 0 Å². The zero-order valence-corrected chi connectivity index (χ0v) is 15.7. The molecule has 2 aliphatic heterocycles. The Bertz CT molecular complexity index is 619. The molecule has 3 rings (SSSR count). The van der Waals surface area contributed by atoms with Crippen molar-refractivity contribution in [2.24, 2.45) is 5.92 Å². The van der Waals surface area contributed by atoms with Gasteiger partial charge in [0.1, 0.15) is 0 Å². The van der Waals surface area contributed by atoms with Crippen LogP contribution in [0.4, 0.5) is 0 Å². The highest BCUT2D eigenvalue weighted by Gasteiger charge is 2.27. The minimum atomic E-state index is -0.167. The lowest BCUT2D eigenvalue weighted by molar-refractivity contribution is -0.132. The Morgan fingerprint density at radius 1 is 1.08 bits per heavy atom. The number of benzene rings is 1. The van der Waals surface area contributed by atoms with E-state index in [1.165, 1.54) is 0 Å². The van der Waals surface area contributed by atoms with E-state index < -0.39 is 0 Å². The van der Waals surface area contributed by atoms with Gasteiger partial charge >= 0.3 is 0 Å². The smallest absolute Gasteiger partial charge is 0.257 e. The number of hydrogen-bond donors (Lipinski definition) is 1. The summed E-state index contributed by atoms with van der Waals surface area (Å²) in [5.41, 5.74) is 0.347. The lowest BCUT2D eigenvalue weighted by Gasteiger charge is -2.35. The van der Waals surface area contributed by atoms with Gasteiger partial charge in [0.2, 0.25) is 5.91 Å². The number of nitrogens with one attached hydrogen (secondary N) is 1. The molecule has 0 bridgehead atoms. The Labute approximate surface area is 158 Å². The second kappa shape index (κ2) is 8.39. The molecule has 136 valence electrons. The van der Waals surface area contributed by atoms with Gasteiger partial charge < -0.3 is 15.1 Å². The minimum absolute atomic E-state index is 0.167. The fourth-order valence-corrected chi connectivity index (χ4v) is 4.02. The number of hydrogen-bond acceptors (Lipinski definition) is 3. The number of nitrogens with zero attached hydrogens (tertiary/aromatic N) is 2.